The smallest absolute Gasteiger partial charge is 0.264 e. The Morgan fingerprint density at radius 3 is 2.16 bits per heavy atom. The molecule has 0 bridgehead atoms. The number of nitrogens with zero attached hydrogens (tertiary/aromatic N) is 2. The van der Waals surface area contributed by atoms with Crippen LogP contribution in [-0.4, -0.2) is 43.8 Å². The van der Waals surface area contributed by atoms with E-state index in [4.69, 9.17) is 11.6 Å². The maximum absolute atomic E-state index is 14.5. The number of hydrogen-bond acceptors (Lipinski definition) is 4. The Kier molecular flexibility index (Phi) is 11.4. The topological polar surface area (TPSA) is 86.8 Å². The number of anilines is 1. The first-order chi connectivity index (χ1) is 21.5. The second-order valence-corrected chi connectivity index (χ2v) is 13.6. The number of halogens is 1. The molecule has 2 atom stereocenters. The van der Waals surface area contributed by atoms with Crippen LogP contribution >= 0.6 is 11.6 Å². The summed E-state index contributed by atoms with van der Waals surface area (Å²) in [6, 6.07) is 29.1. The molecule has 2 amide bonds. The monoisotopic (exact) mass is 645 g/mol. The quantitative estimate of drug-likeness (QED) is 0.175. The Balaban J connectivity index is 1.82. The van der Waals surface area contributed by atoms with Gasteiger partial charge in [0.1, 0.15) is 12.6 Å². The number of aryl methyl sites for hydroxylation is 2. The van der Waals surface area contributed by atoms with Crippen molar-refractivity contribution in [2.45, 2.75) is 64.1 Å². The second kappa shape index (κ2) is 15.2. The van der Waals surface area contributed by atoms with Crippen molar-refractivity contribution in [2.75, 3.05) is 10.8 Å². The summed E-state index contributed by atoms with van der Waals surface area (Å²) in [5.74, 6) is -0.857. The number of hydrogen-bond donors (Lipinski definition) is 1. The van der Waals surface area contributed by atoms with Gasteiger partial charge in [0, 0.05) is 24.0 Å². The van der Waals surface area contributed by atoms with E-state index >= 15 is 0 Å². The third-order valence-electron chi connectivity index (χ3n) is 7.75. The zero-order valence-corrected chi connectivity index (χ0v) is 27.7. The van der Waals surface area contributed by atoms with E-state index in [0.717, 1.165) is 21.0 Å². The molecule has 4 aromatic carbocycles. The van der Waals surface area contributed by atoms with Gasteiger partial charge in [-0.1, -0.05) is 96.9 Å². The van der Waals surface area contributed by atoms with Gasteiger partial charge < -0.3 is 10.2 Å². The lowest BCUT2D eigenvalue weighted by Gasteiger charge is -2.34. The molecule has 0 aliphatic heterocycles. The van der Waals surface area contributed by atoms with Crippen molar-refractivity contribution in [3.63, 3.8) is 0 Å². The Bertz CT molecular complexity index is 1710. The molecule has 0 aromatic heterocycles. The molecule has 0 fully saturated rings. The number of rotatable bonds is 13. The van der Waals surface area contributed by atoms with Crippen molar-refractivity contribution in [1.82, 2.24) is 10.2 Å². The third-order valence-corrected chi connectivity index (χ3v) is 9.90. The van der Waals surface area contributed by atoms with Gasteiger partial charge in [-0.2, -0.15) is 0 Å². The molecule has 9 heteroatoms. The van der Waals surface area contributed by atoms with Gasteiger partial charge in [-0.3, -0.25) is 13.9 Å². The van der Waals surface area contributed by atoms with Gasteiger partial charge in [0.15, 0.2) is 0 Å². The Hall–Kier alpha value is -4.14. The number of amides is 2. The molecule has 0 spiro atoms. The zero-order chi connectivity index (χ0) is 32.6. The van der Waals surface area contributed by atoms with E-state index in [-0.39, 0.29) is 29.8 Å². The molecule has 0 saturated heterocycles. The summed E-state index contributed by atoms with van der Waals surface area (Å²) < 4.78 is 29.4. The maximum atomic E-state index is 14.5. The minimum absolute atomic E-state index is 0.0101. The van der Waals surface area contributed by atoms with Crippen LogP contribution in [0.4, 0.5) is 5.69 Å². The molecular weight excluding hydrogens is 606 g/mol. The maximum Gasteiger partial charge on any atom is 0.264 e. The molecular formula is C36H40ClN3O4S. The highest BCUT2D eigenvalue weighted by molar-refractivity contribution is 7.92. The van der Waals surface area contributed by atoms with Crippen LogP contribution in [0, 0.1) is 13.8 Å². The van der Waals surface area contributed by atoms with E-state index in [9.17, 15) is 18.0 Å². The fourth-order valence-electron chi connectivity index (χ4n) is 4.95. The first-order valence-electron chi connectivity index (χ1n) is 15.0. The van der Waals surface area contributed by atoms with Gasteiger partial charge in [-0.15, -0.1) is 0 Å². The lowest BCUT2D eigenvalue weighted by Crippen LogP contribution is -2.54. The Morgan fingerprint density at radius 2 is 1.51 bits per heavy atom. The minimum Gasteiger partial charge on any atom is -0.352 e. The van der Waals surface area contributed by atoms with Crippen molar-refractivity contribution < 1.29 is 18.0 Å². The van der Waals surface area contributed by atoms with Crippen molar-refractivity contribution in [3.8, 4) is 0 Å². The van der Waals surface area contributed by atoms with Crippen molar-refractivity contribution >= 4 is 39.1 Å². The van der Waals surface area contributed by atoms with Crippen LogP contribution in [0.15, 0.2) is 108 Å². The Morgan fingerprint density at radius 1 is 0.844 bits per heavy atom. The van der Waals surface area contributed by atoms with E-state index in [1.165, 1.54) is 17.0 Å². The van der Waals surface area contributed by atoms with E-state index in [2.05, 4.69) is 5.32 Å². The first-order valence-corrected chi connectivity index (χ1v) is 16.8. The van der Waals surface area contributed by atoms with Gasteiger partial charge >= 0.3 is 0 Å². The summed E-state index contributed by atoms with van der Waals surface area (Å²) in [5, 5.41) is 3.49. The van der Waals surface area contributed by atoms with E-state index in [1.807, 2.05) is 70.2 Å². The summed E-state index contributed by atoms with van der Waals surface area (Å²) in [4.78, 5) is 30.0. The first kappa shape index (κ1) is 33.7. The molecule has 7 nitrogen and oxygen atoms in total. The molecule has 0 heterocycles. The molecule has 4 aromatic rings. The van der Waals surface area contributed by atoms with Crippen LogP contribution in [0.25, 0.3) is 0 Å². The molecule has 0 saturated carbocycles. The van der Waals surface area contributed by atoms with Gasteiger partial charge in [0.25, 0.3) is 10.0 Å². The predicted molar refractivity (Wildman–Crippen MR) is 181 cm³/mol. The van der Waals surface area contributed by atoms with Crippen LogP contribution in [0.2, 0.25) is 5.02 Å². The molecule has 0 unspecified atom stereocenters. The van der Waals surface area contributed by atoms with E-state index in [1.54, 1.807) is 48.5 Å². The highest BCUT2D eigenvalue weighted by atomic mass is 35.5. The molecule has 236 valence electrons. The lowest BCUT2D eigenvalue weighted by molar-refractivity contribution is -0.140. The normalized spacial score (nSPS) is 12.6. The van der Waals surface area contributed by atoms with Crippen molar-refractivity contribution in [3.05, 3.63) is 130 Å². The van der Waals surface area contributed by atoms with Crippen LogP contribution in [0.3, 0.4) is 0 Å². The number of carbonyl (C=O) groups is 2. The van der Waals surface area contributed by atoms with Crippen LogP contribution in [-0.2, 0) is 32.6 Å². The van der Waals surface area contributed by atoms with Crippen LogP contribution in [0.5, 0.6) is 0 Å². The third kappa shape index (κ3) is 8.74. The SMILES string of the molecule is CC[C@H](C)NC(=O)[C@@H](Cc1ccccc1)N(Cc1ccccc1Cl)C(=O)CN(c1cccc(C)c1)S(=O)(=O)c1ccc(C)cc1. The molecule has 45 heavy (non-hydrogen) atoms. The average molecular weight is 646 g/mol. The van der Waals surface area contributed by atoms with Gasteiger partial charge in [-0.05, 0) is 74.2 Å². The standard InChI is InChI=1S/C36H40ClN3O4S/c1-5-28(4)38-36(42)34(23-29-13-7-6-8-14-29)39(24-30-15-9-10-17-33(30)37)35(41)25-40(31-16-11-12-27(3)22-31)45(43,44)32-20-18-26(2)19-21-32/h6-22,28,34H,5,23-25H2,1-4H3,(H,38,42)/t28-,34+/m0/s1. The minimum atomic E-state index is -4.17. The zero-order valence-electron chi connectivity index (χ0n) is 26.1. The van der Waals surface area contributed by atoms with E-state index in [0.29, 0.717) is 22.7 Å². The molecule has 0 radical (unpaired) electrons. The summed E-state index contributed by atoms with van der Waals surface area (Å²) >= 11 is 6.56. The van der Waals surface area contributed by atoms with Crippen LogP contribution < -0.4 is 9.62 Å². The second-order valence-electron chi connectivity index (χ2n) is 11.3. The lowest BCUT2D eigenvalue weighted by atomic mass is 10.0. The molecule has 0 aliphatic carbocycles. The van der Waals surface area contributed by atoms with Crippen LogP contribution in [0.1, 0.15) is 42.5 Å². The summed E-state index contributed by atoms with van der Waals surface area (Å²) in [5.41, 5.74) is 3.61. The number of carbonyl (C=O) groups excluding carboxylic acids is 2. The van der Waals surface area contributed by atoms with Crippen molar-refractivity contribution in [2.24, 2.45) is 0 Å². The number of sulfonamides is 1. The molecule has 4 rings (SSSR count). The number of benzene rings is 4. The van der Waals surface area contributed by atoms with E-state index < -0.39 is 28.5 Å². The fraction of sp³-hybridized carbons (Fsp3) is 0.278. The van der Waals surface area contributed by atoms with Gasteiger partial charge in [0.2, 0.25) is 11.8 Å². The Labute approximate surface area is 271 Å². The predicted octanol–water partition coefficient (Wildman–Crippen LogP) is 6.71. The fourth-order valence-corrected chi connectivity index (χ4v) is 6.56. The summed E-state index contributed by atoms with van der Waals surface area (Å²) in [7, 11) is -4.17. The van der Waals surface area contributed by atoms with Gasteiger partial charge in [-0.25, -0.2) is 8.42 Å². The largest absolute Gasteiger partial charge is 0.352 e. The molecule has 0 aliphatic rings. The van der Waals surface area contributed by atoms with Gasteiger partial charge in [0.05, 0.1) is 10.6 Å². The molecule has 1 N–H and O–H groups in total. The van der Waals surface area contributed by atoms with Crippen molar-refractivity contribution in [1.29, 1.82) is 0 Å². The summed E-state index contributed by atoms with van der Waals surface area (Å²) in [6.45, 7) is 7.11. The summed E-state index contributed by atoms with van der Waals surface area (Å²) in [6.07, 6.45) is 0.937. The number of nitrogens with one attached hydrogen (secondary N) is 1. The highest BCUT2D eigenvalue weighted by Gasteiger charge is 2.35. The average Bonchev–Trinajstić information content (AvgIpc) is 3.02. The highest BCUT2D eigenvalue weighted by Crippen LogP contribution is 2.27.